The molecule has 0 bridgehead atoms. The SMILES string of the molecule is CC(C)(C)n1nnnc1[C@@H](c1ccc2ncccc2c1)N1CCOCC1. The van der Waals surface area contributed by atoms with Crippen molar-refractivity contribution in [1.82, 2.24) is 30.1 Å². The molecule has 7 heteroatoms. The largest absolute Gasteiger partial charge is 0.379 e. The topological polar surface area (TPSA) is 69.0 Å². The van der Waals surface area contributed by atoms with Gasteiger partial charge < -0.3 is 4.74 Å². The predicted octanol–water partition coefficient (Wildman–Crippen LogP) is 2.40. The molecule has 4 rings (SSSR count). The Morgan fingerprint density at radius 3 is 2.69 bits per heavy atom. The van der Waals surface area contributed by atoms with E-state index < -0.39 is 0 Å². The van der Waals surface area contributed by atoms with Crippen LogP contribution in [0.4, 0.5) is 0 Å². The van der Waals surface area contributed by atoms with E-state index in [1.165, 1.54) is 5.56 Å². The summed E-state index contributed by atoms with van der Waals surface area (Å²) in [5.41, 5.74) is 1.97. The molecule has 7 nitrogen and oxygen atoms in total. The van der Waals surface area contributed by atoms with Gasteiger partial charge in [-0.3, -0.25) is 9.88 Å². The zero-order valence-corrected chi connectivity index (χ0v) is 15.5. The van der Waals surface area contributed by atoms with Gasteiger partial charge in [0.05, 0.1) is 30.3 Å². The van der Waals surface area contributed by atoms with Crippen molar-refractivity contribution in [3.8, 4) is 0 Å². The van der Waals surface area contributed by atoms with Crippen LogP contribution in [0.2, 0.25) is 0 Å². The second-order valence-corrected chi connectivity index (χ2v) is 7.63. The molecule has 2 aromatic heterocycles. The summed E-state index contributed by atoms with van der Waals surface area (Å²) < 4.78 is 7.49. The number of morpholine rings is 1. The first-order valence-electron chi connectivity index (χ1n) is 8.99. The number of ether oxygens (including phenoxy) is 1. The molecule has 136 valence electrons. The molecule has 1 saturated heterocycles. The molecule has 0 unspecified atom stereocenters. The van der Waals surface area contributed by atoms with E-state index in [0.29, 0.717) is 0 Å². The number of tetrazole rings is 1. The lowest BCUT2D eigenvalue weighted by molar-refractivity contribution is 0.0209. The molecule has 0 saturated carbocycles. The van der Waals surface area contributed by atoms with Gasteiger partial charge in [0.25, 0.3) is 0 Å². The second-order valence-electron chi connectivity index (χ2n) is 7.63. The highest BCUT2D eigenvalue weighted by Gasteiger charge is 2.32. The molecule has 0 spiro atoms. The minimum Gasteiger partial charge on any atom is -0.379 e. The van der Waals surface area contributed by atoms with E-state index in [1.54, 1.807) is 0 Å². The molecule has 3 aromatic rings. The van der Waals surface area contributed by atoms with Crippen molar-refractivity contribution in [3.05, 3.63) is 47.9 Å². The number of hydrogen-bond acceptors (Lipinski definition) is 6. The van der Waals surface area contributed by atoms with Crippen molar-refractivity contribution in [2.75, 3.05) is 26.3 Å². The Morgan fingerprint density at radius 2 is 1.92 bits per heavy atom. The minimum absolute atomic E-state index is 0.0160. The molecule has 0 radical (unpaired) electrons. The zero-order valence-electron chi connectivity index (χ0n) is 15.5. The summed E-state index contributed by atoms with van der Waals surface area (Å²) in [4.78, 5) is 6.83. The molecule has 1 aromatic carbocycles. The van der Waals surface area contributed by atoms with E-state index in [0.717, 1.165) is 43.0 Å². The van der Waals surface area contributed by atoms with Crippen molar-refractivity contribution >= 4 is 10.9 Å². The Balaban J connectivity index is 1.84. The maximum Gasteiger partial charge on any atom is 0.173 e. The molecule has 0 amide bonds. The van der Waals surface area contributed by atoms with Gasteiger partial charge in [-0.2, -0.15) is 0 Å². The van der Waals surface area contributed by atoms with Crippen molar-refractivity contribution in [2.45, 2.75) is 32.4 Å². The summed E-state index contributed by atoms with van der Waals surface area (Å²) in [6.07, 6.45) is 1.82. The van der Waals surface area contributed by atoms with Gasteiger partial charge in [-0.1, -0.05) is 12.1 Å². The van der Waals surface area contributed by atoms with Gasteiger partial charge in [0.2, 0.25) is 0 Å². The monoisotopic (exact) mass is 352 g/mol. The van der Waals surface area contributed by atoms with Gasteiger partial charge >= 0.3 is 0 Å². The smallest absolute Gasteiger partial charge is 0.173 e. The van der Waals surface area contributed by atoms with E-state index >= 15 is 0 Å². The molecular weight excluding hydrogens is 328 g/mol. The maximum absolute atomic E-state index is 5.56. The van der Waals surface area contributed by atoms with Gasteiger partial charge in [0, 0.05) is 24.7 Å². The van der Waals surface area contributed by atoms with Crippen LogP contribution in [-0.4, -0.2) is 56.4 Å². The fraction of sp³-hybridized carbons (Fsp3) is 0.474. The standard InChI is InChI=1S/C19H24N6O/c1-19(2,3)25-18(21-22-23-25)17(24-9-11-26-12-10-24)15-6-7-16-14(13-15)5-4-8-20-16/h4-8,13,17H,9-12H2,1-3H3/t17-/m1/s1. The Kier molecular flexibility index (Phi) is 4.42. The second kappa shape index (κ2) is 6.74. The summed E-state index contributed by atoms with van der Waals surface area (Å²) in [6, 6.07) is 10.5. The van der Waals surface area contributed by atoms with Crippen LogP contribution in [-0.2, 0) is 10.3 Å². The fourth-order valence-electron chi connectivity index (χ4n) is 3.47. The number of benzene rings is 1. The third-order valence-electron chi connectivity index (χ3n) is 4.73. The molecule has 1 atom stereocenters. The molecular formula is C19H24N6O. The Bertz CT molecular complexity index is 894. The number of rotatable bonds is 3. The van der Waals surface area contributed by atoms with E-state index in [2.05, 4.69) is 70.4 Å². The van der Waals surface area contributed by atoms with Gasteiger partial charge in [0.15, 0.2) is 5.82 Å². The lowest BCUT2D eigenvalue weighted by Crippen LogP contribution is -2.41. The van der Waals surface area contributed by atoms with Gasteiger partial charge in [-0.15, -0.1) is 5.10 Å². The van der Waals surface area contributed by atoms with Crippen LogP contribution in [0.3, 0.4) is 0 Å². The Morgan fingerprint density at radius 1 is 1.12 bits per heavy atom. The molecule has 1 aliphatic rings. The maximum atomic E-state index is 5.56. The fourth-order valence-corrected chi connectivity index (χ4v) is 3.47. The average molecular weight is 352 g/mol. The van der Waals surface area contributed by atoms with Crippen molar-refractivity contribution < 1.29 is 4.74 Å². The van der Waals surface area contributed by atoms with E-state index in [1.807, 2.05) is 16.9 Å². The van der Waals surface area contributed by atoms with Gasteiger partial charge in [-0.25, -0.2) is 4.68 Å². The third-order valence-corrected chi connectivity index (χ3v) is 4.73. The molecule has 0 N–H and O–H groups in total. The number of pyridine rings is 1. The van der Waals surface area contributed by atoms with E-state index in [9.17, 15) is 0 Å². The van der Waals surface area contributed by atoms with Gasteiger partial charge in [0.1, 0.15) is 0 Å². The van der Waals surface area contributed by atoms with Crippen LogP contribution < -0.4 is 0 Å². The van der Waals surface area contributed by atoms with Crippen molar-refractivity contribution in [1.29, 1.82) is 0 Å². The lowest BCUT2D eigenvalue weighted by atomic mass is 10.00. The van der Waals surface area contributed by atoms with Crippen LogP contribution in [0, 0.1) is 0 Å². The number of hydrogen-bond donors (Lipinski definition) is 0. The molecule has 1 fully saturated rings. The molecule has 1 aliphatic heterocycles. The highest BCUT2D eigenvalue weighted by atomic mass is 16.5. The molecule has 26 heavy (non-hydrogen) atoms. The first kappa shape index (κ1) is 17.1. The third kappa shape index (κ3) is 3.20. The summed E-state index contributed by atoms with van der Waals surface area (Å²) in [5, 5.41) is 13.8. The minimum atomic E-state index is -0.193. The number of nitrogens with zero attached hydrogens (tertiary/aromatic N) is 6. The van der Waals surface area contributed by atoms with Gasteiger partial charge in [-0.05, 0) is 55.0 Å². The average Bonchev–Trinajstić information content (AvgIpc) is 3.13. The van der Waals surface area contributed by atoms with Crippen LogP contribution in [0.1, 0.15) is 38.2 Å². The first-order valence-corrected chi connectivity index (χ1v) is 8.99. The van der Waals surface area contributed by atoms with E-state index in [4.69, 9.17) is 4.74 Å². The quantitative estimate of drug-likeness (QED) is 0.721. The van der Waals surface area contributed by atoms with Crippen LogP contribution in [0.25, 0.3) is 10.9 Å². The highest BCUT2D eigenvalue weighted by molar-refractivity contribution is 5.79. The highest BCUT2D eigenvalue weighted by Crippen LogP contribution is 2.31. The summed E-state index contributed by atoms with van der Waals surface area (Å²) in [6.45, 7) is 9.51. The predicted molar refractivity (Wildman–Crippen MR) is 98.8 cm³/mol. The molecule has 3 heterocycles. The van der Waals surface area contributed by atoms with E-state index in [-0.39, 0.29) is 11.6 Å². The van der Waals surface area contributed by atoms with Crippen LogP contribution in [0.15, 0.2) is 36.5 Å². The Labute approximate surface area is 153 Å². The normalized spacial score (nSPS) is 17.5. The Hall–Kier alpha value is -2.38. The zero-order chi connectivity index (χ0) is 18.1. The number of fused-ring (bicyclic) bond motifs is 1. The number of aromatic nitrogens is 5. The van der Waals surface area contributed by atoms with Crippen molar-refractivity contribution in [2.24, 2.45) is 0 Å². The van der Waals surface area contributed by atoms with Crippen molar-refractivity contribution in [3.63, 3.8) is 0 Å². The summed E-state index contributed by atoms with van der Waals surface area (Å²) >= 11 is 0. The molecule has 0 aliphatic carbocycles. The van der Waals surface area contributed by atoms with Crippen LogP contribution in [0.5, 0.6) is 0 Å². The summed E-state index contributed by atoms with van der Waals surface area (Å²) in [7, 11) is 0. The summed E-state index contributed by atoms with van der Waals surface area (Å²) in [5.74, 6) is 0.864. The van der Waals surface area contributed by atoms with Crippen LogP contribution >= 0.6 is 0 Å². The lowest BCUT2D eigenvalue weighted by Gasteiger charge is -2.35. The first-order chi connectivity index (χ1) is 12.5.